The maximum absolute atomic E-state index is 11.9. The first-order valence-electron chi connectivity index (χ1n) is 5.05. The van der Waals surface area contributed by atoms with Crippen molar-refractivity contribution in [3.63, 3.8) is 0 Å². The Kier molecular flexibility index (Phi) is 4.57. The van der Waals surface area contributed by atoms with Gasteiger partial charge in [0.25, 0.3) is 5.91 Å². The van der Waals surface area contributed by atoms with Crippen molar-refractivity contribution in [2.24, 2.45) is 0 Å². The number of carbonyl (C=O) groups is 1. The number of hydrogen-bond acceptors (Lipinski definition) is 1. The van der Waals surface area contributed by atoms with E-state index in [4.69, 9.17) is 6.42 Å². The number of carbonyl (C=O) groups excluding carboxylic acids is 1. The molecular weight excluding hydrogens is 266 g/mol. The second kappa shape index (κ2) is 5.72. The van der Waals surface area contributed by atoms with Gasteiger partial charge >= 0.3 is 0 Å². The highest BCUT2D eigenvalue weighted by molar-refractivity contribution is 9.10. The van der Waals surface area contributed by atoms with Crippen LogP contribution in [0.2, 0.25) is 0 Å². The summed E-state index contributed by atoms with van der Waals surface area (Å²) in [5.41, 5.74) is 1.63. The van der Waals surface area contributed by atoms with Crippen LogP contribution in [0.25, 0.3) is 0 Å². The van der Waals surface area contributed by atoms with E-state index in [1.54, 1.807) is 6.07 Å². The van der Waals surface area contributed by atoms with Gasteiger partial charge in [0, 0.05) is 22.5 Å². The van der Waals surface area contributed by atoms with Crippen LogP contribution in [-0.2, 0) is 0 Å². The Morgan fingerprint density at radius 3 is 2.88 bits per heavy atom. The summed E-state index contributed by atoms with van der Waals surface area (Å²) in [7, 11) is 0. The van der Waals surface area contributed by atoms with E-state index < -0.39 is 0 Å². The molecule has 1 amide bonds. The van der Waals surface area contributed by atoms with Crippen LogP contribution in [0, 0.1) is 19.3 Å². The average molecular weight is 280 g/mol. The van der Waals surface area contributed by atoms with Crippen molar-refractivity contribution < 1.29 is 4.79 Å². The standard InChI is InChI=1S/C13H14BrNO/c1-4-5-10(3)15-13(16)12-7-6-11(14)8-9(12)2/h1,6-8,10H,5H2,2-3H3,(H,15,16). The summed E-state index contributed by atoms with van der Waals surface area (Å²) >= 11 is 3.36. The molecule has 0 aliphatic heterocycles. The minimum atomic E-state index is -0.0762. The monoisotopic (exact) mass is 279 g/mol. The summed E-state index contributed by atoms with van der Waals surface area (Å²) in [4.78, 5) is 11.9. The minimum absolute atomic E-state index is 0.000506. The molecule has 0 saturated heterocycles. The number of terminal acetylenes is 1. The maximum atomic E-state index is 11.9. The predicted molar refractivity (Wildman–Crippen MR) is 69.3 cm³/mol. The number of halogens is 1. The van der Waals surface area contributed by atoms with Crippen molar-refractivity contribution >= 4 is 21.8 Å². The van der Waals surface area contributed by atoms with Crippen molar-refractivity contribution in [3.05, 3.63) is 33.8 Å². The minimum Gasteiger partial charge on any atom is -0.349 e. The highest BCUT2D eigenvalue weighted by Gasteiger charge is 2.11. The van der Waals surface area contributed by atoms with Gasteiger partial charge in [-0.15, -0.1) is 12.3 Å². The van der Waals surface area contributed by atoms with Crippen LogP contribution in [0.4, 0.5) is 0 Å². The van der Waals surface area contributed by atoms with Crippen LogP contribution >= 0.6 is 15.9 Å². The van der Waals surface area contributed by atoms with Crippen LogP contribution in [0.1, 0.15) is 29.3 Å². The third kappa shape index (κ3) is 3.39. The quantitative estimate of drug-likeness (QED) is 0.847. The van der Waals surface area contributed by atoms with E-state index in [1.165, 1.54) is 0 Å². The lowest BCUT2D eigenvalue weighted by Crippen LogP contribution is -2.32. The third-order valence-corrected chi connectivity index (χ3v) is 2.73. The zero-order chi connectivity index (χ0) is 12.1. The lowest BCUT2D eigenvalue weighted by atomic mass is 10.1. The van der Waals surface area contributed by atoms with Gasteiger partial charge in [0.15, 0.2) is 0 Å². The van der Waals surface area contributed by atoms with Crippen LogP contribution in [0.3, 0.4) is 0 Å². The zero-order valence-corrected chi connectivity index (χ0v) is 11.0. The van der Waals surface area contributed by atoms with Crippen LogP contribution in [0.15, 0.2) is 22.7 Å². The molecule has 2 nitrogen and oxygen atoms in total. The molecule has 0 aliphatic carbocycles. The molecule has 1 rings (SSSR count). The molecule has 1 aromatic carbocycles. The summed E-state index contributed by atoms with van der Waals surface area (Å²) in [5.74, 6) is 2.45. The molecule has 0 radical (unpaired) electrons. The van der Waals surface area contributed by atoms with E-state index in [0.717, 1.165) is 10.0 Å². The summed E-state index contributed by atoms with van der Waals surface area (Å²) in [6.45, 7) is 3.80. The van der Waals surface area contributed by atoms with E-state index in [1.807, 2.05) is 26.0 Å². The second-order valence-corrected chi connectivity index (χ2v) is 4.66. The van der Waals surface area contributed by atoms with E-state index >= 15 is 0 Å². The van der Waals surface area contributed by atoms with Crippen molar-refractivity contribution in [1.82, 2.24) is 5.32 Å². The lowest BCUT2D eigenvalue weighted by Gasteiger charge is -2.12. The van der Waals surface area contributed by atoms with E-state index in [0.29, 0.717) is 12.0 Å². The van der Waals surface area contributed by atoms with Gasteiger partial charge in [-0.2, -0.15) is 0 Å². The fourth-order valence-electron chi connectivity index (χ4n) is 1.41. The van der Waals surface area contributed by atoms with Crippen molar-refractivity contribution in [2.75, 3.05) is 0 Å². The molecule has 16 heavy (non-hydrogen) atoms. The Labute approximate surface area is 105 Å². The highest BCUT2D eigenvalue weighted by atomic mass is 79.9. The maximum Gasteiger partial charge on any atom is 0.251 e. The molecule has 84 valence electrons. The number of amides is 1. The molecule has 0 bridgehead atoms. The van der Waals surface area contributed by atoms with Gasteiger partial charge in [0.1, 0.15) is 0 Å². The summed E-state index contributed by atoms with van der Waals surface area (Å²) < 4.78 is 0.971. The van der Waals surface area contributed by atoms with Crippen LogP contribution in [-0.4, -0.2) is 11.9 Å². The Hall–Kier alpha value is -1.27. The van der Waals surface area contributed by atoms with Gasteiger partial charge in [0.2, 0.25) is 0 Å². The van der Waals surface area contributed by atoms with Gasteiger partial charge in [-0.1, -0.05) is 15.9 Å². The van der Waals surface area contributed by atoms with Gasteiger partial charge in [0.05, 0.1) is 0 Å². The van der Waals surface area contributed by atoms with Crippen molar-refractivity contribution in [2.45, 2.75) is 26.3 Å². The van der Waals surface area contributed by atoms with Crippen molar-refractivity contribution in [3.8, 4) is 12.3 Å². The topological polar surface area (TPSA) is 29.1 Å². The van der Waals surface area contributed by atoms with E-state index in [-0.39, 0.29) is 11.9 Å². The number of nitrogens with one attached hydrogen (secondary N) is 1. The number of rotatable bonds is 3. The molecule has 0 spiro atoms. The molecule has 0 heterocycles. The Morgan fingerprint density at radius 1 is 1.62 bits per heavy atom. The Balaban J connectivity index is 2.78. The molecular formula is C13H14BrNO. The van der Waals surface area contributed by atoms with Gasteiger partial charge in [-0.05, 0) is 37.6 Å². The van der Waals surface area contributed by atoms with Gasteiger partial charge in [-0.3, -0.25) is 4.79 Å². The first-order valence-corrected chi connectivity index (χ1v) is 5.84. The Morgan fingerprint density at radius 2 is 2.31 bits per heavy atom. The Bertz CT molecular complexity index is 434. The molecule has 0 saturated carbocycles. The molecule has 1 atom stereocenters. The summed E-state index contributed by atoms with van der Waals surface area (Å²) in [6.07, 6.45) is 5.73. The summed E-state index contributed by atoms with van der Waals surface area (Å²) in [6, 6.07) is 5.58. The second-order valence-electron chi connectivity index (χ2n) is 3.74. The first-order chi connectivity index (χ1) is 7.54. The largest absolute Gasteiger partial charge is 0.349 e. The van der Waals surface area contributed by atoms with Gasteiger partial charge < -0.3 is 5.32 Å². The zero-order valence-electron chi connectivity index (χ0n) is 9.38. The molecule has 1 N–H and O–H groups in total. The molecule has 3 heteroatoms. The third-order valence-electron chi connectivity index (χ3n) is 2.23. The molecule has 0 fully saturated rings. The first kappa shape index (κ1) is 12.8. The smallest absolute Gasteiger partial charge is 0.251 e. The molecule has 1 aromatic rings. The molecule has 0 aromatic heterocycles. The number of benzene rings is 1. The predicted octanol–water partition coefficient (Wildman–Crippen LogP) is 2.90. The highest BCUT2D eigenvalue weighted by Crippen LogP contribution is 2.15. The molecule has 0 aliphatic rings. The van der Waals surface area contributed by atoms with Crippen LogP contribution < -0.4 is 5.32 Å². The van der Waals surface area contributed by atoms with E-state index in [2.05, 4.69) is 27.2 Å². The normalized spacial score (nSPS) is 11.6. The fraction of sp³-hybridized carbons (Fsp3) is 0.308. The summed E-state index contributed by atoms with van der Waals surface area (Å²) in [5, 5.41) is 2.86. The SMILES string of the molecule is C#CCC(C)NC(=O)c1ccc(Br)cc1C. The van der Waals surface area contributed by atoms with Crippen molar-refractivity contribution in [1.29, 1.82) is 0 Å². The van der Waals surface area contributed by atoms with Gasteiger partial charge in [-0.25, -0.2) is 0 Å². The van der Waals surface area contributed by atoms with E-state index in [9.17, 15) is 4.79 Å². The number of hydrogen-bond donors (Lipinski definition) is 1. The fourth-order valence-corrected chi connectivity index (χ4v) is 1.89. The van der Waals surface area contributed by atoms with Crippen LogP contribution in [0.5, 0.6) is 0 Å². The number of aryl methyl sites for hydroxylation is 1. The lowest BCUT2D eigenvalue weighted by molar-refractivity contribution is 0.0940. The molecule has 1 unspecified atom stereocenters. The average Bonchev–Trinajstić information content (AvgIpc) is 2.17.